The summed E-state index contributed by atoms with van der Waals surface area (Å²) in [6.45, 7) is 2.80. The molecule has 230 valence electrons. The van der Waals surface area contributed by atoms with Gasteiger partial charge in [-0.3, -0.25) is 9.59 Å². The van der Waals surface area contributed by atoms with Crippen LogP contribution in [0.1, 0.15) is 66.9 Å². The van der Waals surface area contributed by atoms with Gasteiger partial charge in [0, 0.05) is 43.1 Å². The number of rotatable bonds is 13. The van der Waals surface area contributed by atoms with Crippen molar-refractivity contribution in [1.29, 1.82) is 0 Å². The number of hydrogen-bond donors (Lipinski definition) is 5. The molecule has 1 saturated heterocycles. The molecule has 0 aliphatic carbocycles. The number of nitrogens with zero attached hydrogens (tertiary/aromatic N) is 1. The third kappa shape index (κ3) is 9.09. The van der Waals surface area contributed by atoms with Crippen LogP contribution in [0.4, 0.5) is 5.69 Å². The molecule has 1 amide bonds. The molecule has 1 aliphatic rings. The number of phenolic OH excluding ortho intramolecular Hbond substituents is 1. The lowest BCUT2D eigenvalue weighted by Gasteiger charge is -2.42. The predicted molar refractivity (Wildman–Crippen MR) is 160 cm³/mol. The normalized spacial score (nSPS) is 21.0. The van der Waals surface area contributed by atoms with Crippen LogP contribution in [0, 0.1) is 5.92 Å². The lowest BCUT2D eigenvalue weighted by molar-refractivity contribution is -0.276. The molecule has 5 N–H and O–H groups in total. The highest BCUT2D eigenvalue weighted by Gasteiger charge is 2.39. The van der Waals surface area contributed by atoms with E-state index in [9.17, 15) is 24.9 Å². The highest BCUT2D eigenvalue weighted by atomic mass is 16.7. The summed E-state index contributed by atoms with van der Waals surface area (Å²) in [5.41, 5.74) is 3.61. The standard InChI is InChI=1S/C33H40N2O8/c1-21-29(19-35(2)18-28(38)24-6-4-9-27(37)17-24)42-33(43-32(21)23-14-12-22(20-36)13-15-23)25-7-3-8-26(16-25)34-30(39)10-5-11-31(40)41/h3-4,6-9,12-17,21,28-29,32-33,36-38H,5,10-11,18-20H2,1-2H3,(H,34,39)(H,40,41)/t21-,28-,29+,32+,33+/m1/s1. The lowest BCUT2D eigenvalue weighted by atomic mass is 9.90. The summed E-state index contributed by atoms with van der Waals surface area (Å²) >= 11 is 0. The largest absolute Gasteiger partial charge is 0.508 e. The van der Waals surface area contributed by atoms with E-state index in [2.05, 4.69) is 12.2 Å². The Morgan fingerprint density at radius 3 is 2.42 bits per heavy atom. The Labute approximate surface area is 251 Å². The molecule has 1 fully saturated rings. The van der Waals surface area contributed by atoms with Crippen molar-refractivity contribution in [1.82, 2.24) is 4.90 Å². The Balaban J connectivity index is 1.51. The topological polar surface area (TPSA) is 149 Å². The first-order valence-electron chi connectivity index (χ1n) is 14.4. The molecule has 0 saturated carbocycles. The maximum absolute atomic E-state index is 12.4. The number of aliphatic hydroxyl groups excluding tert-OH is 2. The van der Waals surface area contributed by atoms with E-state index in [4.69, 9.17) is 14.6 Å². The Morgan fingerprint density at radius 1 is 0.977 bits per heavy atom. The summed E-state index contributed by atoms with van der Waals surface area (Å²) < 4.78 is 13.0. The zero-order valence-electron chi connectivity index (χ0n) is 24.4. The minimum atomic E-state index is -0.940. The molecule has 0 bridgehead atoms. The van der Waals surface area contributed by atoms with Crippen molar-refractivity contribution in [2.24, 2.45) is 5.92 Å². The van der Waals surface area contributed by atoms with Crippen molar-refractivity contribution >= 4 is 17.6 Å². The van der Waals surface area contributed by atoms with Gasteiger partial charge >= 0.3 is 5.97 Å². The SMILES string of the molecule is C[C@@H]1[C@H](CN(C)C[C@@H](O)c2cccc(O)c2)O[C@H](c2cccc(NC(=O)CCCC(=O)O)c2)O[C@@H]1c1ccc(CO)cc1. The molecule has 10 nitrogen and oxygen atoms in total. The predicted octanol–water partition coefficient (Wildman–Crippen LogP) is 4.53. The van der Waals surface area contributed by atoms with Crippen LogP contribution in [-0.2, 0) is 25.7 Å². The third-order valence-corrected chi connectivity index (χ3v) is 7.59. The maximum atomic E-state index is 12.4. The first-order valence-corrected chi connectivity index (χ1v) is 14.4. The monoisotopic (exact) mass is 592 g/mol. The zero-order valence-corrected chi connectivity index (χ0v) is 24.4. The van der Waals surface area contributed by atoms with Gasteiger partial charge in [-0.2, -0.15) is 0 Å². The van der Waals surface area contributed by atoms with Crippen LogP contribution in [-0.4, -0.2) is 63.4 Å². The van der Waals surface area contributed by atoms with Gasteiger partial charge in [0.25, 0.3) is 0 Å². The number of anilines is 1. The Hall–Kier alpha value is -3.80. The van der Waals surface area contributed by atoms with Gasteiger partial charge in [0.15, 0.2) is 6.29 Å². The summed E-state index contributed by atoms with van der Waals surface area (Å²) in [5, 5.41) is 41.8. The van der Waals surface area contributed by atoms with Crippen molar-refractivity contribution in [3.8, 4) is 5.75 Å². The average Bonchev–Trinajstić information content (AvgIpc) is 2.98. The van der Waals surface area contributed by atoms with Gasteiger partial charge in [-0.1, -0.05) is 55.5 Å². The van der Waals surface area contributed by atoms with Crippen molar-refractivity contribution < 1.29 is 39.5 Å². The highest BCUT2D eigenvalue weighted by Crippen LogP contribution is 2.42. The molecule has 0 unspecified atom stereocenters. The summed E-state index contributed by atoms with van der Waals surface area (Å²) in [6, 6.07) is 21.4. The van der Waals surface area contributed by atoms with E-state index in [1.807, 2.05) is 42.3 Å². The van der Waals surface area contributed by atoms with Crippen molar-refractivity contribution in [3.05, 3.63) is 95.1 Å². The van der Waals surface area contributed by atoms with Crippen LogP contribution in [0.25, 0.3) is 0 Å². The van der Waals surface area contributed by atoms with E-state index in [0.29, 0.717) is 29.9 Å². The number of ether oxygens (including phenoxy) is 2. The number of hydrogen-bond acceptors (Lipinski definition) is 8. The molecule has 0 spiro atoms. The minimum Gasteiger partial charge on any atom is -0.508 e. The zero-order chi connectivity index (χ0) is 30.9. The second kappa shape index (κ2) is 15.1. The number of carbonyl (C=O) groups excluding carboxylic acids is 1. The fourth-order valence-corrected chi connectivity index (χ4v) is 5.23. The summed E-state index contributed by atoms with van der Waals surface area (Å²) in [7, 11) is 1.90. The number of aromatic hydroxyl groups is 1. The van der Waals surface area contributed by atoms with Gasteiger partial charge in [0.05, 0.1) is 24.9 Å². The quantitative estimate of drug-likeness (QED) is 0.193. The Morgan fingerprint density at radius 2 is 1.72 bits per heavy atom. The number of likely N-dealkylation sites (N-methyl/N-ethyl adjacent to an activating group) is 1. The number of aliphatic carboxylic acids is 1. The smallest absolute Gasteiger partial charge is 0.303 e. The van der Waals surface area contributed by atoms with E-state index in [-0.39, 0.29) is 55.7 Å². The first-order chi connectivity index (χ1) is 20.6. The van der Waals surface area contributed by atoms with E-state index < -0.39 is 18.4 Å². The fraction of sp³-hybridized carbons (Fsp3) is 0.394. The Bertz CT molecular complexity index is 1370. The van der Waals surface area contributed by atoms with Gasteiger partial charge in [-0.15, -0.1) is 0 Å². The van der Waals surface area contributed by atoms with Crippen LogP contribution in [0.2, 0.25) is 0 Å². The Kier molecular flexibility index (Phi) is 11.3. The van der Waals surface area contributed by atoms with Gasteiger partial charge in [-0.05, 0) is 54.4 Å². The molecule has 5 atom stereocenters. The highest BCUT2D eigenvalue weighted by molar-refractivity contribution is 5.90. The minimum absolute atomic E-state index is 0.0587. The molecule has 4 rings (SSSR count). The van der Waals surface area contributed by atoms with Crippen molar-refractivity contribution in [2.45, 2.75) is 57.4 Å². The van der Waals surface area contributed by atoms with Gasteiger partial charge in [0.2, 0.25) is 5.91 Å². The molecule has 0 aromatic heterocycles. The van der Waals surface area contributed by atoms with Crippen molar-refractivity contribution in [3.63, 3.8) is 0 Å². The average molecular weight is 593 g/mol. The number of nitrogens with one attached hydrogen (secondary N) is 1. The first kappa shape index (κ1) is 32.1. The molecule has 3 aromatic rings. The molecule has 10 heteroatoms. The van der Waals surface area contributed by atoms with Crippen LogP contribution >= 0.6 is 0 Å². The lowest BCUT2D eigenvalue weighted by Crippen LogP contribution is -2.44. The molecule has 1 aliphatic heterocycles. The maximum Gasteiger partial charge on any atom is 0.303 e. The van der Waals surface area contributed by atoms with Gasteiger partial charge < -0.3 is 40.1 Å². The number of amides is 1. The summed E-state index contributed by atoms with van der Waals surface area (Å²) in [4.78, 5) is 25.1. The second-order valence-electron chi connectivity index (χ2n) is 11.1. The second-order valence-corrected chi connectivity index (χ2v) is 11.1. The van der Waals surface area contributed by atoms with Crippen LogP contribution in [0.3, 0.4) is 0 Å². The van der Waals surface area contributed by atoms with Crippen molar-refractivity contribution in [2.75, 3.05) is 25.5 Å². The van der Waals surface area contributed by atoms with Gasteiger partial charge in [-0.25, -0.2) is 0 Å². The van der Waals surface area contributed by atoms with Gasteiger partial charge in [0.1, 0.15) is 5.75 Å². The molecule has 0 radical (unpaired) electrons. The number of carboxylic acid groups (broad SMARTS) is 1. The number of aliphatic hydroxyl groups is 2. The molecular weight excluding hydrogens is 552 g/mol. The summed E-state index contributed by atoms with van der Waals surface area (Å²) in [6.07, 6.45) is -1.92. The molecule has 3 aromatic carbocycles. The fourth-order valence-electron chi connectivity index (χ4n) is 5.23. The summed E-state index contributed by atoms with van der Waals surface area (Å²) in [5.74, 6) is -1.19. The van der Waals surface area contributed by atoms with E-state index in [0.717, 1.165) is 11.1 Å². The number of benzene rings is 3. The van der Waals surface area contributed by atoms with Crippen LogP contribution < -0.4 is 5.32 Å². The van der Waals surface area contributed by atoms with E-state index in [1.165, 1.54) is 0 Å². The number of carboxylic acids is 1. The molecule has 43 heavy (non-hydrogen) atoms. The molecular formula is C33H40N2O8. The number of carbonyl (C=O) groups is 2. The van der Waals surface area contributed by atoms with E-state index >= 15 is 0 Å². The third-order valence-electron chi connectivity index (χ3n) is 7.59. The van der Waals surface area contributed by atoms with E-state index in [1.54, 1.807) is 42.5 Å². The number of phenols is 1. The molecule has 1 heterocycles. The van der Waals surface area contributed by atoms with Crippen LogP contribution in [0.5, 0.6) is 5.75 Å². The van der Waals surface area contributed by atoms with Crippen LogP contribution in [0.15, 0.2) is 72.8 Å².